The van der Waals surface area contributed by atoms with Crippen LogP contribution in [0.3, 0.4) is 0 Å². The molecule has 0 unspecified atom stereocenters. The predicted molar refractivity (Wildman–Crippen MR) is 44.9 cm³/mol. The Kier molecular flexibility index (Phi) is 2.35. The van der Waals surface area contributed by atoms with Gasteiger partial charge in [0.25, 0.3) is 0 Å². The first-order valence-corrected chi connectivity index (χ1v) is 4.81. The van der Waals surface area contributed by atoms with E-state index in [2.05, 4.69) is 0 Å². The third-order valence-corrected chi connectivity index (χ3v) is 2.45. The minimum Gasteiger partial charge on any atom is -0.507 e. The van der Waals surface area contributed by atoms with E-state index in [0.29, 0.717) is 6.29 Å². The molecule has 0 radical (unpaired) electrons. The van der Waals surface area contributed by atoms with Gasteiger partial charge in [0.15, 0.2) is 6.29 Å². The van der Waals surface area contributed by atoms with E-state index < -0.39 is 20.7 Å². The summed E-state index contributed by atoms with van der Waals surface area (Å²) in [5, 5.41) is 13.9. The van der Waals surface area contributed by atoms with Crippen LogP contribution in [0.2, 0.25) is 0 Å². The van der Waals surface area contributed by atoms with Crippen molar-refractivity contribution in [3.8, 4) is 5.75 Å². The third kappa shape index (κ3) is 1.85. The maximum atomic E-state index is 10.9. The Hall–Kier alpha value is -1.40. The average Bonchev–Trinajstić information content (AvgIpc) is 2.01. The first kappa shape index (κ1) is 9.69. The highest BCUT2D eigenvalue weighted by Gasteiger charge is 2.17. The fourth-order valence-electron chi connectivity index (χ4n) is 0.945. The van der Waals surface area contributed by atoms with Crippen molar-refractivity contribution < 1.29 is 18.3 Å². The average molecular weight is 201 g/mol. The SMILES string of the molecule is NS(=O)(=O)c1c(O)cccc1C=O. The number of rotatable bonds is 2. The number of phenolic OH excluding ortho intramolecular Hbond substituents is 1. The van der Waals surface area contributed by atoms with Crippen LogP contribution in [-0.2, 0) is 10.0 Å². The van der Waals surface area contributed by atoms with Gasteiger partial charge in [0, 0.05) is 5.56 Å². The van der Waals surface area contributed by atoms with E-state index >= 15 is 0 Å². The first-order valence-electron chi connectivity index (χ1n) is 3.27. The van der Waals surface area contributed by atoms with Crippen LogP contribution < -0.4 is 5.14 Å². The maximum Gasteiger partial charge on any atom is 0.242 e. The van der Waals surface area contributed by atoms with Crippen LogP contribution in [0, 0.1) is 0 Å². The van der Waals surface area contributed by atoms with Crippen LogP contribution in [0.4, 0.5) is 0 Å². The molecular weight excluding hydrogens is 194 g/mol. The summed E-state index contributed by atoms with van der Waals surface area (Å²) in [7, 11) is -4.06. The van der Waals surface area contributed by atoms with E-state index in [9.17, 15) is 13.2 Å². The molecule has 0 bridgehead atoms. The minimum atomic E-state index is -4.06. The highest BCUT2D eigenvalue weighted by molar-refractivity contribution is 7.89. The molecule has 1 aromatic rings. The number of aromatic hydroxyl groups is 1. The van der Waals surface area contributed by atoms with Gasteiger partial charge in [-0.1, -0.05) is 12.1 Å². The van der Waals surface area contributed by atoms with Gasteiger partial charge in [0.1, 0.15) is 10.6 Å². The summed E-state index contributed by atoms with van der Waals surface area (Å²) in [5.41, 5.74) is -0.150. The molecule has 5 nitrogen and oxygen atoms in total. The van der Waals surface area contributed by atoms with Crippen molar-refractivity contribution in [2.75, 3.05) is 0 Å². The van der Waals surface area contributed by atoms with Gasteiger partial charge in [-0.15, -0.1) is 0 Å². The van der Waals surface area contributed by atoms with Crippen molar-refractivity contribution in [1.29, 1.82) is 0 Å². The van der Waals surface area contributed by atoms with E-state index in [0.717, 1.165) is 6.07 Å². The molecular formula is C7H7NO4S. The molecule has 0 amide bonds. The maximum absolute atomic E-state index is 10.9. The summed E-state index contributed by atoms with van der Waals surface area (Å²) in [6, 6.07) is 3.76. The molecule has 70 valence electrons. The van der Waals surface area contributed by atoms with Crippen LogP contribution >= 0.6 is 0 Å². The molecule has 3 N–H and O–H groups in total. The Morgan fingerprint density at radius 2 is 2.00 bits per heavy atom. The van der Waals surface area contributed by atoms with E-state index in [1.807, 2.05) is 0 Å². The number of nitrogens with two attached hydrogens (primary N) is 1. The lowest BCUT2D eigenvalue weighted by Crippen LogP contribution is -2.14. The van der Waals surface area contributed by atoms with Gasteiger partial charge in [-0.2, -0.15) is 0 Å². The molecule has 0 aromatic heterocycles. The second kappa shape index (κ2) is 3.15. The largest absolute Gasteiger partial charge is 0.507 e. The molecule has 0 aliphatic rings. The molecule has 6 heteroatoms. The number of carbonyl (C=O) groups excluding carboxylic acids is 1. The fourth-order valence-corrected chi connectivity index (χ4v) is 1.75. The summed E-state index contributed by atoms with van der Waals surface area (Å²) in [6.45, 7) is 0. The summed E-state index contributed by atoms with van der Waals surface area (Å²) < 4.78 is 21.8. The van der Waals surface area contributed by atoms with Crippen LogP contribution in [0.5, 0.6) is 5.75 Å². The van der Waals surface area contributed by atoms with E-state index in [-0.39, 0.29) is 5.56 Å². The molecule has 0 aliphatic carbocycles. The Morgan fingerprint density at radius 3 is 2.38 bits per heavy atom. The number of carbonyl (C=O) groups is 1. The van der Waals surface area contributed by atoms with Crippen LogP contribution in [0.15, 0.2) is 23.1 Å². The number of benzene rings is 1. The molecule has 0 fully saturated rings. The highest BCUT2D eigenvalue weighted by atomic mass is 32.2. The van der Waals surface area contributed by atoms with Gasteiger partial charge in [-0.25, -0.2) is 13.6 Å². The zero-order chi connectivity index (χ0) is 10.1. The van der Waals surface area contributed by atoms with Gasteiger partial charge in [-0.05, 0) is 6.07 Å². The standard InChI is InChI=1S/C7H7NO4S/c8-13(11,12)7-5(4-9)2-1-3-6(7)10/h1-4,10H,(H2,8,11,12). The first-order chi connectivity index (χ1) is 5.96. The molecule has 0 saturated heterocycles. The lowest BCUT2D eigenvalue weighted by atomic mass is 10.2. The van der Waals surface area contributed by atoms with Crippen molar-refractivity contribution in [3.05, 3.63) is 23.8 Å². The van der Waals surface area contributed by atoms with E-state index in [1.54, 1.807) is 0 Å². The van der Waals surface area contributed by atoms with Gasteiger partial charge in [-0.3, -0.25) is 4.79 Å². The molecule has 1 aromatic carbocycles. The summed E-state index contributed by atoms with van der Waals surface area (Å²) >= 11 is 0. The van der Waals surface area contributed by atoms with Crippen LogP contribution in [-0.4, -0.2) is 19.8 Å². The van der Waals surface area contributed by atoms with Gasteiger partial charge >= 0.3 is 0 Å². The molecule has 13 heavy (non-hydrogen) atoms. The second-order valence-corrected chi connectivity index (χ2v) is 3.86. The van der Waals surface area contributed by atoms with Gasteiger partial charge in [0.05, 0.1) is 0 Å². The van der Waals surface area contributed by atoms with Crippen LogP contribution in [0.25, 0.3) is 0 Å². The minimum absolute atomic E-state index is 0.150. The predicted octanol–water partition coefficient (Wildman–Crippen LogP) is -0.148. The Morgan fingerprint density at radius 1 is 1.38 bits per heavy atom. The topological polar surface area (TPSA) is 97.5 Å². The molecule has 1 rings (SSSR count). The third-order valence-electron chi connectivity index (χ3n) is 1.44. The van der Waals surface area contributed by atoms with Crippen molar-refractivity contribution in [3.63, 3.8) is 0 Å². The summed E-state index contributed by atoms with van der Waals surface area (Å²) in [6.07, 6.45) is 0.319. The number of aldehydes is 1. The molecule has 0 saturated carbocycles. The number of phenols is 1. The quantitative estimate of drug-likeness (QED) is 0.650. The lowest BCUT2D eigenvalue weighted by molar-refractivity contribution is 0.112. The van der Waals surface area contributed by atoms with E-state index in [4.69, 9.17) is 10.2 Å². The molecule has 0 spiro atoms. The van der Waals surface area contributed by atoms with Crippen molar-refractivity contribution >= 4 is 16.3 Å². The van der Waals surface area contributed by atoms with Gasteiger partial charge in [0.2, 0.25) is 10.0 Å². The smallest absolute Gasteiger partial charge is 0.242 e. The lowest BCUT2D eigenvalue weighted by Gasteiger charge is -2.03. The number of primary sulfonamides is 1. The monoisotopic (exact) mass is 201 g/mol. The Balaban J connectivity index is 3.59. The number of hydrogen-bond donors (Lipinski definition) is 2. The molecule has 0 aliphatic heterocycles. The fraction of sp³-hybridized carbons (Fsp3) is 0. The normalized spacial score (nSPS) is 11.2. The number of hydrogen-bond acceptors (Lipinski definition) is 4. The molecule has 0 atom stereocenters. The summed E-state index contributed by atoms with van der Waals surface area (Å²) in [4.78, 5) is 9.86. The Labute approximate surface area is 74.9 Å². The van der Waals surface area contributed by atoms with E-state index in [1.165, 1.54) is 12.1 Å². The van der Waals surface area contributed by atoms with Gasteiger partial charge < -0.3 is 5.11 Å². The van der Waals surface area contributed by atoms with Crippen molar-refractivity contribution in [2.24, 2.45) is 5.14 Å². The molecule has 0 heterocycles. The van der Waals surface area contributed by atoms with Crippen molar-refractivity contribution in [1.82, 2.24) is 0 Å². The second-order valence-electron chi connectivity index (χ2n) is 2.36. The summed E-state index contributed by atoms with van der Waals surface area (Å²) in [5.74, 6) is -0.521. The highest BCUT2D eigenvalue weighted by Crippen LogP contribution is 2.23. The van der Waals surface area contributed by atoms with Crippen molar-refractivity contribution in [2.45, 2.75) is 4.90 Å². The Bertz CT molecular complexity index is 438. The zero-order valence-electron chi connectivity index (χ0n) is 6.47. The van der Waals surface area contributed by atoms with Crippen LogP contribution in [0.1, 0.15) is 10.4 Å². The zero-order valence-corrected chi connectivity index (χ0v) is 7.28. The number of sulfonamides is 1.